The van der Waals surface area contributed by atoms with Gasteiger partial charge < -0.3 is 15.0 Å². The molecular formula is C38H45N3O5S2. The number of para-hydroxylation sites is 2. The van der Waals surface area contributed by atoms with Crippen molar-refractivity contribution in [3.05, 3.63) is 120 Å². The second kappa shape index (κ2) is 17.8. The van der Waals surface area contributed by atoms with Gasteiger partial charge in [-0.05, 0) is 74.0 Å². The Kier molecular flexibility index (Phi) is 13.5. The molecule has 0 aromatic heterocycles. The predicted octanol–water partition coefficient (Wildman–Crippen LogP) is 6.87. The average Bonchev–Trinajstić information content (AvgIpc) is 3.10. The smallest absolute Gasteiger partial charge is 0.264 e. The van der Waals surface area contributed by atoms with Crippen molar-refractivity contribution in [3.63, 3.8) is 0 Å². The summed E-state index contributed by atoms with van der Waals surface area (Å²) in [4.78, 5) is 31.1. The molecule has 254 valence electrons. The zero-order valence-electron chi connectivity index (χ0n) is 28.1. The number of sulfonamides is 1. The van der Waals surface area contributed by atoms with E-state index in [2.05, 4.69) is 5.32 Å². The molecule has 8 nitrogen and oxygen atoms in total. The molecule has 0 bridgehead atoms. The van der Waals surface area contributed by atoms with Gasteiger partial charge in [-0.25, -0.2) is 8.42 Å². The van der Waals surface area contributed by atoms with E-state index in [-0.39, 0.29) is 29.5 Å². The fourth-order valence-electron chi connectivity index (χ4n) is 5.28. The summed E-state index contributed by atoms with van der Waals surface area (Å²) < 4.78 is 35.8. The maximum absolute atomic E-state index is 14.7. The average molecular weight is 688 g/mol. The molecule has 0 aliphatic carbocycles. The first-order chi connectivity index (χ1) is 23.2. The van der Waals surface area contributed by atoms with Crippen molar-refractivity contribution in [2.45, 2.75) is 62.4 Å². The number of thioether (sulfide) groups is 1. The lowest BCUT2D eigenvalue weighted by atomic mass is 10.0. The summed E-state index contributed by atoms with van der Waals surface area (Å²) in [5, 5.41) is 3.03. The van der Waals surface area contributed by atoms with Crippen molar-refractivity contribution < 1.29 is 22.7 Å². The highest BCUT2D eigenvalue weighted by molar-refractivity contribution is 7.98. The molecule has 48 heavy (non-hydrogen) atoms. The van der Waals surface area contributed by atoms with Gasteiger partial charge in [0.2, 0.25) is 11.8 Å². The molecule has 0 heterocycles. The Hall–Kier alpha value is -4.28. The van der Waals surface area contributed by atoms with E-state index in [4.69, 9.17) is 4.74 Å². The van der Waals surface area contributed by atoms with Crippen LogP contribution in [0.2, 0.25) is 0 Å². The van der Waals surface area contributed by atoms with Gasteiger partial charge in [0, 0.05) is 24.4 Å². The van der Waals surface area contributed by atoms with Crippen LogP contribution in [0.1, 0.15) is 43.4 Å². The molecule has 0 saturated carbocycles. The molecule has 4 aromatic rings. The Morgan fingerprint density at radius 2 is 1.52 bits per heavy atom. The van der Waals surface area contributed by atoms with Crippen molar-refractivity contribution in [1.29, 1.82) is 0 Å². The van der Waals surface area contributed by atoms with Crippen LogP contribution in [0.4, 0.5) is 5.69 Å². The first-order valence-corrected chi connectivity index (χ1v) is 18.9. The molecule has 1 atom stereocenters. The number of amides is 2. The number of aryl methyl sites for hydroxylation is 1. The zero-order valence-corrected chi connectivity index (χ0v) is 29.7. The van der Waals surface area contributed by atoms with Crippen LogP contribution in [0.3, 0.4) is 0 Å². The zero-order chi connectivity index (χ0) is 34.5. The Morgan fingerprint density at radius 3 is 2.17 bits per heavy atom. The van der Waals surface area contributed by atoms with E-state index < -0.39 is 28.5 Å². The highest BCUT2D eigenvalue weighted by Crippen LogP contribution is 2.33. The maximum Gasteiger partial charge on any atom is 0.264 e. The standard InChI is InChI=1S/C38H45N3O5S2/c1-5-7-25-39-38(43)35(26-30-13-9-8-10-14-30)40(27-31-19-17-29(3)18-20-31)37(42)28-41(34-15-11-12-16-36(34)46-6-2)48(44,45)33-23-21-32(47-4)22-24-33/h8-24,35H,5-7,25-28H2,1-4H3,(H,39,43)/t35-/m0/s1. The number of nitrogens with zero attached hydrogens (tertiary/aromatic N) is 2. The number of rotatable bonds is 17. The van der Waals surface area contributed by atoms with Gasteiger partial charge in [0.25, 0.3) is 10.0 Å². The Labute approximate surface area is 289 Å². The number of hydrogen-bond donors (Lipinski definition) is 1. The van der Waals surface area contributed by atoms with Crippen LogP contribution in [0, 0.1) is 6.92 Å². The molecule has 0 saturated heterocycles. The van der Waals surface area contributed by atoms with Crippen LogP contribution in [0.15, 0.2) is 113 Å². The van der Waals surface area contributed by atoms with Gasteiger partial charge >= 0.3 is 0 Å². The minimum Gasteiger partial charge on any atom is -0.492 e. The van der Waals surface area contributed by atoms with E-state index in [9.17, 15) is 18.0 Å². The summed E-state index contributed by atoms with van der Waals surface area (Å²) in [7, 11) is -4.25. The lowest BCUT2D eigenvalue weighted by Gasteiger charge is -2.34. The fourth-order valence-corrected chi connectivity index (χ4v) is 7.11. The number of carbonyl (C=O) groups is 2. The van der Waals surface area contributed by atoms with Gasteiger partial charge in [-0.15, -0.1) is 11.8 Å². The molecule has 4 rings (SSSR count). The van der Waals surface area contributed by atoms with Crippen LogP contribution in [-0.2, 0) is 32.6 Å². The molecule has 2 amide bonds. The van der Waals surface area contributed by atoms with Crippen molar-refractivity contribution >= 4 is 39.3 Å². The number of carbonyl (C=O) groups excluding carboxylic acids is 2. The van der Waals surface area contributed by atoms with Gasteiger partial charge in [0.05, 0.1) is 17.2 Å². The summed E-state index contributed by atoms with van der Waals surface area (Å²) in [6.07, 6.45) is 3.87. The SMILES string of the molecule is CCCCNC(=O)[C@H](Cc1ccccc1)N(Cc1ccc(C)cc1)C(=O)CN(c1ccccc1OCC)S(=O)(=O)c1ccc(SC)cc1. The molecule has 4 aromatic carbocycles. The Bertz CT molecular complexity index is 1730. The van der Waals surface area contributed by atoms with Gasteiger partial charge in [0.15, 0.2) is 0 Å². The van der Waals surface area contributed by atoms with E-state index in [0.717, 1.165) is 38.7 Å². The lowest BCUT2D eigenvalue weighted by molar-refractivity contribution is -0.140. The van der Waals surface area contributed by atoms with E-state index in [1.54, 1.807) is 48.5 Å². The second-order valence-corrected chi connectivity index (χ2v) is 14.2. The van der Waals surface area contributed by atoms with Gasteiger partial charge in [0.1, 0.15) is 18.3 Å². The minimum absolute atomic E-state index is 0.0441. The topological polar surface area (TPSA) is 96.0 Å². The highest BCUT2D eigenvalue weighted by atomic mass is 32.2. The lowest BCUT2D eigenvalue weighted by Crippen LogP contribution is -2.53. The minimum atomic E-state index is -4.25. The number of hydrogen-bond acceptors (Lipinski definition) is 6. The van der Waals surface area contributed by atoms with Crippen LogP contribution >= 0.6 is 11.8 Å². The summed E-state index contributed by atoms with van der Waals surface area (Å²) in [6.45, 7) is 6.19. The summed E-state index contributed by atoms with van der Waals surface area (Å²) >= 11 is 1.50. The first-order valence-electron chi connectivity index (χ1n) is 16.2. The van der Waals surface area contributed by atoms with Gasteiger partial charge in [-0.3, -0.25) is 13.9 Å². The van der Waals surface area contributed by atoms with Crippen molar-refractivity contribution in [2.24, 2.45) is 0 Å². The molecule has 1 N–H and O–H groups in total. The number of anilines is 1. The van der Waals surface area contributed by atoms with Crippen molar-refractivity contribution in [2.75, 3.05) is 30.3 Å². The van der Waals surface area contributed by atoms with E-state index in [1.165, 1.54) is 16.7 Å². The van der Waals surface area contributed by atoms with Crippen LogP contribution in [-0.4, -0.2) is 57.1 Å². The second-order valence-electron chi connectivity index (χ2n) is 11.4. The van der Waals surface area contributed by atoms with Crippen molar-refractivity contribution in [1.82, 2.24) is 10.2 Å². The van der Waals surface area contributed by atoms with E-state index in [1.807, 2.05) is 81.6 Å². The number of benzene rings is 4. The van der Waals surface area contributed by atoms with Gasteiger partial charge in [-0.1, -0.05) is 85.6 Å². The highest BCUT2D eigenvalue weighted by Gasteiger charge is 2.35. The molecule has 0 aliphatic rings. The Morgan fingerprint density at radius 1 is 0.854 bits per heavy atom. The third-order valence-corrected chi connectivity index (χ3v) is 10.5. The van der Waals surface area contributed by atoms with Crippen LogP contribution in [0.5, 0.6) is 5.75 Å². The molecule has 0 unspecified atom stereocenters. The fraction of sp³-hybridized carbons (Fsp3) is 0.316. The number of nitrogens with one attached hydrogen (secondary N) is 1. The molecule has 10 heteroatoms. The molecule has 0 spiro atoms. The van der Waals surface area contributed by atoms with Gasteiger partial charge in [-0.2, -0.15) is 0 Å². The molecule has 0 fully saturated rings. The summed E-state index contributed by atoms with van der Waals surface area (Å²) in [5.74, 6) is -0.470. The normalized spacial score (nSPS) is 11.8. The van der Waals surface area contributed by atoms with E-state index in [0.29, 0.717) is 18.9 Å². The number of ether oxygens (including phenoxy) is 1. The first kappa shape index (κ1) is 36.6. The number of unbranched alkanes of at least 4 members (excludes halogenated alkanes) is 1. The quantitative estimate of drug-likeness (QED) is 0.0962. The summed E-state index contributed by atoms with van der Waals surface area (Å²) in [6, 6.07) is 29.8. The molecule has 0 radical (unpaired) electrons. The summed E-state index contributed by atoms with van der Waals surface area (Å²) in [5.41, 5.74) is 3.01. The van der Waals surface area contributed by atoms with Crippen LogP contribution in [0.25, 0.3) is 0 Å². The third-order valence-electron chi connectivity index (χ3n) is 7.93. The van der Waals surface area contributed by atoms with Crippen molar-refractivity contribution in [3.8, 4) is 5.75 Å². The predicted molar refractivity (Wildman–Crippen MR) is 194 cm³/mol. The third kappa shape index (κ3) is 9.64. The molecular weight excluding hydrogens is 643 g/mol. The van der Waals surface area contributed by atoms with E-state index >= 15 is 0 Å². The molecule has 0 aliphatic heterocycles. The monoisotopic (exact) mass is 687 g/mol. The van der Waals surface area contributed by atoms with Crippen LogP contribution < -0.4 is 14.4 Å². The maximum atomic E-state index is 14.7. The Balaban J connectivity index is 1.82. The largest absolute Gasteiger partial charge is 0.492 e.